The Morgan fingerprint density at radius 3 is 2.72 bits per heavy atom. The molecule has 1 aromatic heterocycles. The van der Waals surface area contributed by atoms with Gasteiger partial charge in [-0.05, 0) is 62.2 Å². The highest BCUT2D eigenvalue weighted by atomic mass is 79.9. The number of carbonyl (C=O) groups excluding carboxylic acids is 1. The predicted octanol–water partition coefficient (Wildman–Crippen LogP) is 7.03. The normalized spacial score (nSPS) is 14.6. The van der Waals surface area contributed by atoms with Gasteiger partial charge in [0.25, 0.3) is 5.91 Å². The van der Waals surface area contributed by atoms with Crippen LogP contribution in [0.1, 0.15) is 35.2 Å². The van der Waals surface area contributed by atoms with Crippen molar-refractivity contribution in [3.8, 4) is 5.75 Å². The molecule has 7 nitrogen and oxygen atoms in total. The summed E-state index contributed by atoms with van der Waals surface area (Å²) in [6.07, 6.45) is 0. The summed E-state index contributed by atoms with van der Waals surface area (Å²) in [5, 5.41) is 11.4. The number of anilines is 2. The van der Waals surface area contributed by atoms with Crippen LogP contribution in [0.4, 0.5) is 16.0 Å². The number of amides is 1. The Bertz CT molecular complexity index is 1600. The molecule has 1 atom stereocenters. The third-order valence-corrected chi connectivity index (χ3v) is 7.92. The van der Waals surface area contributed by atoms with Gasteiger partial charge in [-0.15, -0.1) is 5.10 Å². The number of benzene rings is 3. The number of aryl methyl sites for hydroxylation is 2. The second-order valence-corrected chi connectivity index (χ2v) is 11.1. The first kappa shape index (κ1) is 27.0. The molecule has 10 heteroatoms. The molecular weight excluding hydrogens is 581 g/mol. The maximum atomic E-state index is 15.3. The van der Waals surface area contributed by atoms with Gasteiger partial charge in [-0.3, -0.25) is 4.79 Å². The Balaban J connectivity index is 1.53. The standard InChI is InChI=1S/C29H27BrFN5O2S/c1-16-9-10-19(17(2)13-16)15-39-29-34-28-32-18(3)25(27(37)33-23-7-5-6-8-24(23)38-4)26(36(28)35-29)21-14-20(30)11-12-22(21)31/h5-14,26H,15H2,1-4H3,(H,33,37)(H,32,34,35)/t26-/m0/s1. The van der Waals surface area contributed by atoms with Crippen LogP contribution in [0.3, 0.4) is 0 Å². The summed E-state index contributed by atoms with van der Waals surface area (Å²) < 4.78 is 23.0. The number of para-hydroxylation sites is 2. The van der Waals surface area contributed by atoms with Gasteiger partial charge in [-0.1, -0.05) is 63.6 Å². The molecule has 0 bridgehead atoms. The number of rotatable bonds is 7. The summed E-state index contributed by atoms with van der Waals surface area (Å²) in [7, 11) is 1.54. The van der Waals surface area contributed by atoms with Crippen LogP contribution in [-0.4, -0.2) is 27.8 Å². The van der Waals surface area contributed by atoms with E-state index in [-0.39, 0.29) is 0 Å². The Hall–Kier alpha value is -3.63. The van der Waals surface area contributed by atoms with Gasteiger partial charge in [0.1, 0.15) is 17.6 Å². The van der Waals surface area contributed by atoms with E-state index in [0.29, 0.717) is 49.6 Å². The van der Waals surface area contributed by atoms with Crippen molar-refractivity contribution in [3.63, 3.8) is 0 Å². The molecule has 1 aliphatic rings. The average molecular weight is 609 g/mol. The number of fused-ring (bicyclic) bond motifs is 1. The van der Waals surface area contributed by atoms with Gasteiger partial charge < -0.3 is 15.4 Å². The van der Waals surface area contributed by atoms with Crippen molar-refractivity contribution < 1.29 is 13.9 Å². The lowest BCUT2D eigenvalue weighted by molar-refractivity contribution is -0.113. The number of nitrogens with zero attached hydrogens (tertiary/aromatic N) is 3. The van der Waals surface area contributed by atoms with Crippen molar-refractivity contribution in [2.75, 3.05) is 17.7 Å². The molecule has 0 saturated heterocycles. The van der Waals surface area contributed by atoms with Crippen molar-refractivity contribution in [2.24, 2.45) is 0 Å². The Morgan fingerprint density at radius 1 is 1.15 bits per heavy atom. The SMILES string of the molecule is COc1ccccc1NC(=O)C1=C(C)Nc2nc(SCc3ccc(C)cc3C)nn2[C@H]1c1cc(Br)ccc1F. The number of nitrogens with one attached hydrogen (secondary N) is 2. The number of hydrogen-bond donors (Lipinski definition) is 2. The van der Waals surface area contributed by atoms with Crippen molar-refractivity contribution in [1.29, 1.82) is 0 Å². The molecule has 0 radical (unpaired) electrons. The Kier molecular flexibility index (Phi) is 7.76. The van der Waals surface area contributed by atoms with E-state index >= 15 is 4.39 Å². The molecular formula is C29H27BrFN5O2S. The second kappa shape index (κ2) is 11.2. The molecule has 0 saturated carbocycles. The summed E-state index contributed by atoms with van der Waals surface area (Å²) >= 11 is 4.94. The Morgan fingerprint density at radius 2 is 1.95 bits per heavy atom. The number of methoxy groups -OCH3 is 1. The summed E-state index contributed by atoms with van der Waals surface area (Å²) in [6.45, 7) is 5.93. The van der Waals surface area contributed by atoms with Crippen LogP contribution in [0.2, 0.25) is 0 Å². The molecule has 0 spiro atoms. The van der Waals surface area contributed by atoms with Gasteiger partial charge in [0.15, 0.2) is 0 Å². The second-order valence-electron chi connectivity index (χ2n) is 9.27. The Labute approximate surface area is 239 Å². The summed E-state index contributed by atoms with van der Waals surface area (Å²) in [5.74, 6) is 0.781. The number of allylic oxidation sites excluding steroid dienone is 1. The monoisotopic (exact) mass is 607 g/mol. The highest BCUT2D eigenvalue weighted by Gasteiger charge is 2.36. The largest absolute Gasteiger partial charge is 0.495 e. The zero-order valence-corrected chi connectivity index (χ0v) is 24.3. The smallest absolute Gasteiger partial charge is 0.255 e. The first-order valence-corrected chi connectivity index (χ1v) is 14.1. The maximum Gasteiger partial charge on any atom is 0.255 e. The van der Waals surface area contributed by atoms with E-state index in [1.54, 1.807) is 41.9 Å². The van der Waals surface area contributed by atoms with E-state index in [1.807, 2.05) is 6.07 Å². The van der Waals surface area contributed by atoms with Crippen molar-refractivity contribution in [2.45, 2.75) is 37.7 Å². The molecule has 5 rings (SSSR count). The number of thioether (sulfide) groups is 1. The van der Waals surface area contributed by atoms with E-state index in [0.717, 1.165) is 0 Å². The predicted molar refractivity (Wildman–Crippen MR) is 156 cm³/mol. The lowest BCUT2D eigenvalue weighted by Gasteiger charge is -2.29. The molecule has 2 heterocycles. The van der Waals surface area contributed by atoms with Gasteiger partial charge in [0.2, 0.25) is 11.1 Å². The summed E-state index contributed by atoms with van der Waals surface area (Å²) in [5.41, 5.74) is 5.28. The van der Waals surface area contributed by atoms with E-state index in [2.05, 4.69) is 63.6 Å². The fourth-order valence-corrected chi connectivity index (χ4v) is 5.87. The molecule has 4 aromatic rings. The van der Waals surface area contributed by atoms with E-state index in [9.17, 15) is 4.79 Å². The molecule has 39 heavy (non-hydrogen) atoms. The van der Waals surface area contributed by atoms with Gasteiger partial charge in [-0.2, -0.15) is 4.98 Å². The quantitative estimate of drug-likeness (QED) is 0.220. The lowest BCUT2D eigenvalue weighted by Crippen LogP contribution is -2.32. The van der Waals surface area contributed by atoms with Crippen molar-refractivity contribution >= 4 is 45.2 Å². The van der Waals surface area contributed by atoms with Crippen LogP contribution in [0.15, 0.2) is 81.6 Å². The van der Waals surface area contributed by atoms with Crippen LogP contribution in [-0.2, 0) is 10.5 Å². The minimum Gasteiger partial charge on any atom is -0.495 e. The first-order valence-electron chi connectivity index (χ1n) is 12.3. The highest BCUT2D eigenvalue weighted by Crippen LogP contribution is 2.39. The van der Waals surface area contributed by atoms with Crippen LogP contribution >= 0.6 is 27.7 Å². The third kappa shape index (κ3) is 5.58. The molecule has 0 aliphatic carbocycles. The number of hydrogen-bond acceptors (Lipinski definition) is 6. The zero-order chi connectivity index (χ0) is 27.7. The molecule has 1 amide bonds. The van der Waals surface area contributed by atoms with E-state index < -0.39 is 17.8 Å². The number of halogens is 2. The molecule has 200 valence electrons. The fraction of sp³-hybridized carbons (Fsp3) is 0.207. The van der Waals surface area contributed by atoms with Crippen molar-refractivity contribution in [3.05, 3.63) is 104 Å². The van der Waals surface area contributed by atoms with Gasteiger partial charge >= 0.3 is 0 Å². The lowest BCUT2D eigenvalue weighted by atomic mass is 9.94. The maximum absolute atomic E-state index is 15.3. The van der Waals surface area contributed by atoms with Crippen LogP contribution in [0.5, 0.6) is 5.75 Å². The van der Waals surface area contributed by atoms with Gasteiger partial charge in [-0.25, -0.2) is 9.07 Å². The number of ether oxygens (including phenoxy) is 1. The molecule has 1 aliphatic heterocycles. The fourth-order valence-electron chi connectivity index (χ4n) is 4.59. The third-order valence-electron chi connectivity index (χ3n) is 6.54. The van der Waals surface area contributed by atoms with Crippen LogP contribution in [0.25, 0.3) is 0 Å². The van der Waals surface area contributed by atoms with Gasteiger partial charge in [0, 0.05) is 21.5 Å². The topological polar surface area (TPSA) is 81.1 Å². The van der Waals surface area contributed by atoms with Crippen molar-refractivity contribution in [1.82, 2.24) is 14.8 Å². The highest BCUT2D eigenvalue weighted by molar-refractivity contribution is 9.10. The number of aromatic nitrogens is 3. The van der Waals surface area contributed by atoms with Gasteiger partial charge in [0.05, 0.1) is 18.4 Å². The minimum atomic E-state index is -0.851. The minimum absolute atomic E-state index is 0.299. The molecule has 0 fully saturated rings. The molecule has 0 unspecified atom stereocenters. The molecule has 3 aromatic carbocycles. The van der Waals surface area contributed by atoms with Crippen LogP contribution < -0.4 is 15.4 Å². The summed E-state index contributed by atoms with van der Waals surface area (Å²) in [4.78, 5) is 18.4. The van der Waals surface area contributed by atoms with Crippen LogP contribution in [0, 0.1) is 19.7 Å². The van der Waals surface area contributed by atoms with E-state index in [4.69, 9.17) is 9.84 Å². The van der Waals surface area contributed by atoms with E-state index in [1.165, 1.54) is 41.6 Å². The molecule has 2 N–H and O–H groups in total. The number of carbonyl (C=O) groups is 1. The summed E-state index contributed by atoms with van der Waals surface area (Å²) in [6, 6.07) is 17.3. The first-order chi connectivity index (χ1) is 18.7. The average Bonchev–Trinajstić information content (AvgIpc) is 3.31. The zero-order valence-electron chi connectivity index (χ0n) is 21.9.